The molecular formula is C22H24N2O3. The van der Waals surface area contributed by atoms with Gasteiger partial charge in [-0.25, -0.2) is 9.78 Å². The van der Waals surface area contributed by atoms with Crippen molar-refractivity contribution in [2.75, 3.05) is 13.1 Å². The highest BCUT2D eigenvalue weighted by molar-refractivity contribution is 5.77. The van der Waals surface area contributed by atoms with Crippen LogP contribution in [0.1, 0.15) is 38.2 Å². The SMILES string of the molecule is CC(C)OC(=O)N1CCC(c2ccc3nc(-c4ccccc4)oc3c2)CC1. The lowest BCUT2D eigenvalue weighted by Crippen LogP contribution is -2.39. The van der Waals surface area contributed by atoms with E-state index in [1.54, 1.807) is 4.90 Å². The fraction of sp³-hybridized carbons (Fsp3) is 0.364. The van der Waals surface area contributed by atoms with Crippen LogP contribution in [0.15, 0.2) is 52.9 Å². The zero-order chi connectivity index (χ0) is 18.8. The molecule has 0 spiro atoms. The lowest BCUT2D eigenvalue weighted by Gasteiger charge is -2.32. The summed E-state index contributed by atoms with van der Waals surface area (Å²) >= 11 is 0. The van der Waals surface area contributed by atoms with Crippen molar-refractivity contribution in [3.8, 4) is 11.5 Å². The van der Waals surface area contributed by atoms with E-state index in [0.29, 0.717) is 11.8 Å². The molecule has 5 heteroatoms. The third kappa shape index (κ3) is 3.82. The Morgan fingerprint density at radius 2 is 1.89 bits per heavy atom. The second-order valence-electron chi connectivity index (χ2n) is 7.31. The van der Waals surface area contributed by atoms with E-state index >= 15 is 0 Å². The first-order chi connectivity index (χ1) is 13.1. The largest absolute Gasteiger partial charge is 0.447 e. The molecule has 1 aliphatic rings. The van der Waals surface area contributed by atoms with Gasteiger partial charge in [0.05, 0.1) is 6.10 Å². The number of rotatable bonds is 3. The van der Waals surface area contributed by atoms with Gasteiger partial charge in [-0.15, -0.1) is 0 Å². The maximum absolute atomic E-state index is 12.0. The first-order valence-electron chi connectivity index (χ1n) is 9.51. The molecule has 0 atom stereocenters. The maximum Gasteiger partial charge on any atom is 0.410 e. The van der Waals surface area contributed by atoms with E-state index in [1.165, 1.54) is 5.56 Å². The summed E-state index contributed by atoms with van der Waals surface area (Å²) in [6.45, 7) is 5.20. The van der Waals surface area contributed by atoms with Crippen LogP contribution in [-0.4, -0.2) is 35.2 Å². The molecule has 27 heavy (non-hydrogen) atoms. The monoisotopic (exact) mass is 364 g/mol. The van der Waals surface area contributed by atoms with Crippen molar-refractivity contribution >= 4 is 17.2 Å². The van der Waals surface area contributed by atoms with E-state index in [9.17, 15) is 4.79 Å². The molecule has 2 aromatic carbocycles. The van der Waals surface area contributed by atoms with Crippen LogP contribution in [0, 0.1) is 0 Å². The standard InChI is InChI=1S/C22H24N2O3/c1-15(2)26-22(25)24-12-10-16(11-13-24)18-8-9-19-20(14-18)27-21(23-19)17-6-4-3-5-7-17/h3-9,14-16H,10-13H2,1-2H3. The minimum absolute atomic E-state index is 0.0807. The van der Waals surface area contributed by atoms with Gasteiger partial charge < -0.3 is 14.1 Å². The molecule has 0 unspecified atom stereocenters. The van der Waals surface area contributed by atoms with Gasteiger partial charge in [0.1, 0.15) is 5.52 Å². The number of piperidine rings is 1. The molecule has 1 aromatic heterocycles. The number of amides is 1. The van der Waals surface area contributed by atoms with E-state index in [1.807, 2.05) is 50.2 Å². The molecule has 0 radical (unpaired) electrons. The van der Waals surface area contributed by atoms with Crippen molar-refractivity contribution in [1.82, 2.24) is 9.88 Å². The Labute approximate surface area is 158 Å². The summed E-state index contributed by atoms with van der Waals surface area (Å²) in [5.74, 6) is 1.07. The van der Waals surface area contributed by atoms with E-state index in [0.717, 1.165) is 42.6 Å². The average Bonchev–Trinajstić information content (AvgIpc) is 3.11. The maximum atomic E-state index is 12.0. The summed E-state index contributed by atoms with van der Waals surface area (Å²) in [5, 5.41) is 0. The predicted octanol–water partition coefficient (Wildman–Crippen LogP) is 5.22. The molecule has 1 saturated heterocycles. The summed E-state index contributed by atoms with van der Waals surface area (Å²) in [7, 11) is 0. The van der Waals surface area contributed by atoms with Gasteiger partial charge in [-0.05, 0) is 62.4 Å². The number of likely N-dealkylation sites (tertiary alicyclic amines) is 1. The van der Waals surface area contributed by atoms with Crippen molar-refractivity contribution < 1.29 is 13.9 Å². The van der Waals surface area contributed by atoms with Crippen LogP contribution >= 0.6 is 0 Å². The zero-order valence-electron chi connectivity index (χ0n) is 15.7. The molecule has 1 aliphatic heterocycles. The first-order valence-corrected chi connectivity index (χ1v) is 9.51. The van der Waals surface area contributed by atoms with Gasteiger partial charge in [0.25, 0.3) is 0 Å². The Balaban J connectivity index is 1.48. The highest BCUT2D eigenvalue weighted by Gasteiger charge is 2.25. The molecule has 140 valence electrons. The molecule has 0 bridgehead atoms. The summed E-state index contributed by atoms with van der Waals surface area (Å²) in [4.78, 5) is 18.4. The molecule has 4 rings (SSSR count). The quantitative estimate of drug-likeness (QED) is 0.639. The van der Waals surface area contributed by atoms with Crippen LogP contribution in [0.4, 0.5) is 4.79 Å². The minimum Gasteiger partial charge on any atom is -0.447 e. The van der Waals surface area contributed by atoms with Crippen LogP contribution in [-0.2, 0) is 4.74 Å². The number of carbonyl (C=O) groups excluding carboxylic acids is 1. The van der Waals surface area contributed by atoms with Gasteiger partial charge in [0.2, 0.25) is 5.89 Å². The fourth-order valence-electron chi connectivity index (χ4n) is 3.57. The van der Waals surface area contributed by atoms with Gasteiger partial charge in [-0.3, -0.25) is 0 Å². The summed E-state index contributed by atoms with van der Waals surface area (Å²) in [6, 6.07) is 16.2. The predicted molar refractivity (Wildman–Crippen MR) is 105 cm³/mol. The Kier molecular flexibility index (Phi) is 4.84. The van der Waals surface area contributed by atoms with Gasteiger partial charge in [0, 0.05) is 18.7 Å². The zero-order valence-corrected chi connectivity index (χ0v) is 15.7. The van der Waals surface area contributed by atoms with E-state index in [4.69, 9.17) is 9.15 Å². The Hall–Kier alpha value is -2.82. The third-order valence-corrected chi connectivity index (χ3v) is 4.99. The second-order valence-corrected chi connectivity index (χ2v) is 7.31. The molecule has 1 fully saturated rings. The smallest absolute Gasteiger partial charge is 0.410 e. The van der Waals surface area contributed by atoms with Crippen LogP contribution in [0.5, 0.6) is 0 Å². The van der Waals surface area contributed by atoms with Crippen molar-refractivity contribution in [2.24, 2.45) is 0 Å². The highest BCUT2D eigenvalue weighted by atomic mass is 16.6. The lowest BCUT2D eigenvalue weighted by molar-refractivity contribution is 0.0692. The third-order valence-electron chi connectivity index (χ3n) is 4.99. The number of hydrogen-bond donors (Lipinski definition) is 0. The number of benzene rings is 2. The van der Waals surface area contributed by atoms with Gasteiger partial charge in [-0.2, -0.15) is 0 Å². The van der Waals surface area contributed by atoms with E-state index in [-0.39, 0.29) is 12.2 Å². The Morgan fingerprint density at radius 3 is 2.59 bits per heavy atom. The normalized spacial score (nSPS) is 15.4. The minimum atomic E-state index is -0.207. The molecule has 1 amide bonds. The summed E-state index contributed by atoms with van der Waals surface area (Å²) < 4.78 is 11.3. The van der Waals surface area contributed by atoms with Crippen molar-refractivity contribution in [2.45, 2.75) is 38.7 Å². The van der Waals surface area contributed by atoms with Gasteiger partial charge in [0.15, 0.2) is 5.58 Å². The number of nitrogens with zero attached hydrogens (tertiary/aromatic N) is 2. The molecule has 0 aliphatic carbocycles. The van der Waals surface area contributed by atoms with Crippen molar-refractivity contribution in [1.29, 1.82) is 0 Å². The van der Waals surface area contributed by atoms with E-state index in [2.05, 4.69) is 17.1 Å². The number of aromatic nitrogens is 1. The Bertz CT molecular complexity index is 925. The van der Waals surface area contributed by atoms with Crippen molar-refractivity contribution in [3.63, 3.8) is 0 Å². The van der Waals surface area contributed by atoms with Crippen LogP contribution < -0.4 is 0 Å². The van der Waals surface area contributed by atoms with Crippen LogP contribution in [0.3, 0.4) is 0 Å². The molecule has 3 aromatic rings. The number of oxazole rings is 1. The summed E-state index contributed by atoms with van der Waals surface area (Å²) in [5.41, 5.74) is 3.91. The molecular weight excluding hydrogens is 340 g/mol. The molecule has 0 saturated carbocycles. The second kappa shape index (κ2) is 7.43. The number of carbonyl (C=O) groups is 1. The lowest BCUT2D eigenvalue weighted by atomic mass is 9.89. The fourth-order valence-corrected chi connectivity index (χ4v) is 3.57. The summed E-state index contributed by atoms with van der Waals surface area (Å²) in [6.07, 6.45) is 1.57. The van der Waals surface area contributed by atoms with Gasteiger partial charge in [-0.1, -0.05) is 24.3 Å². The van der Waals surface area contributed by atoms with Gasteiger partial charge >= 0.3 is 6.09 Å². The van der Waals surface area contributed by atoms with E-state index < -0.39 is 0 Å². The molecule has 5 nitrogen and oxygen atoms in total. The Morgan fingerprint density at radius 1 is 1.15 bits per heavy atom. The topological polar surface area (TPSA) is 55.6 Å². The number of hydrogen-bond acceptors (Lipinski definition) is 4. The first kappa shape index (κ1) is 17.6. The number of ether oxygens (including phenoxy) is 1. The molecule has 0 N–H and O–H groups in total. The van der Waals surface area contributed by atoms with Crippen molar-refractivity contribution in [3.05, 3.63) is 54.1 Å². The van der Waals surface area contributed by atoms with Crippen LogP contribution in [0.25, 0.3) is 22.6 Å². The number of fused-ring (bicyclic) bond motifs is 1. The highest BCUT2D eigenvalue weighted by Crippen LogP contribution is 2.32. The van der Waals surface area contributed by atoms with Crippen LogP contribution in [0.2, 0.25) is 0 Å². The average molecular weight is 364 g/mol. The molecule has 2 heterocycles.